The van der Waals surface area contributed by atoms with Gasteiger partial charge >= 0.3 is 0 Å². The molecule has 0 spiro atoms. The molecule has 0 heterocycles. The van der Waals surface area contributed by atoms with Gasteiger partial charge in [-0.25, -0.2) is 4.39 Å². The van der Waals surface area contributed by atoms with Crippen LogP contribution in [-0.4, -0.2) is 6.54 Å². The molecule has 1 fully saturated rings. The Hall–Kier alpha value is -0.310. The highest BCUT2D eigenvalue weighted by atomic mass is 35.5. The van der Waals surface area contributed by atoms with Crippen LogP contribution in [0.5, 0.6) is 0 Å². The minimum atomic E-state index is -0.417. The fraction of sp³-hybridized carbons (Fsp3) is 0.571. The van der Waals surface area contributed by atoms with Crippen molar-refractivity contribution in [1.82, 2.24) is 5.32 Å². The summed E-state index contributed by atoms with van der Waals surface area (Å²) in [6.07, 6.45) is 3.83. The molecule has 1 aliphatic carbocycles. The number of hydrogen-bond acceptors (Lipinski definition) is 1. The molecule has 1 N–H and O–H groups in total. The van der Waals surface area contributed by atoms with E-state index in [0.717, 1.165) is 12.1 Å². The highest BCUT2D eigenvalue weighted by Crippen LogP contribution is 2.40. The zero-order valence-electron chi connectivity index (χ0n) is 10.7. The Morgan fingerprint density at radius 1 is 1.33 bits per heavy atom. The van der Waals surface area contributed by atoms with E-state index in [0.29, 0.717) is 10.4 Å². The van der Waals surface area contributed by atoms with Gasteiger partial charge in [0.15, 0.2) is 0 Å². The van der Waals surface area contributed by atoms with Crippen LogP contribution in [-0.2, 0) is 0 Å². The fourth-order valence-electron chi connectivity index (χ4n) is 2.34. The van der Waals surface area contributed by atoms with Gasteiger partial charge in [-0.3, -0.25) is 0 Å². The summed E-state index contributed by atoms with van der Waals surface area (Å²) >= 11 is 11.8. The van der Waals surface area contributed by atoms with Gasteiger partial charge in [-0.15, -0.1) is 0 Å². The predicted octanol–water partition coefficient (Wildman–Crippen LogP) is 4.97. The minimum absolute atomic E-state index is 0.0293. The second-order valence-corrected chi connectivity index (χ2v) is 6.37. The molecule has 1 unspecified atom stereocenters. The Bertz CT molecular complexity index is 444. The van der Waals surface area contributed by atoms with Gasteiger partial charge < -0.3 is 5.32 Å². The Labute approximate surface area is 118 Å². The van der Waals surface area contributed by atoms with Crippen molar-refractivity contribution in [3.63, 3.8) is 0 Å². The van der Waals surface area contributed by atoms with Gasteiger partial charge in [-0.05, 0) is 42.9 Å². The van der Waals surface area contributed by atoms with E-state index in [1.807, 2.05) is 6.92 Å². The van der Waals surface area contributed by atoms with Crippen molar-refractivity contribution >= 4 is 23.2 Å². The fourth-order valence-corrected chi connectivity index (χ4v) is 2.88. The normalized spacial score (nSPS) is 19.4. The Morgan fingerprint density at radius 3 is 2.56 bits per heavy atom. The molecule has 1 saturated carbocycles. The summed E-state index contributed by atoms with van der Waals surface area (Å²) in [6, 6.07) is 2.92. The van der Waals surface area contributed by atoms with E-state index in [1.54, 1.807) is 0 Å². The molecule has 100 valence electrons. The van der Waals surface area contributed by atoms with Crippen LogP contribution in [0.15, 0.2) is 12.1 Å². The molecule has 2 rings (SSSR count). The largest absolute Gasteiger partial charge is 0.310 e. The van der Waals surface area contributed by atoms with E-state index in [-0.39, 0.29) is 11.1 Å². The smallest absolute Gasteiger partial charge is 0.142 e. The lowest BCUT2D eigenvalue weighted by Crippen LogP contribution is -2.38. The molecule has 1 aromatic carbocycles. The van der Waals surface area contributed by atoms with Gasteiger partial charge in [-0.1, -0.05) is 36.5 Å². The van der Waals surface area contributed by atoms with Crippen molar-refractivity contribution in [3.8, 4) is 0 Å². The minimum Gasteiger partial charge on any atom is -0.310 e. The van der Waals surface area contributed by atoms with Crippen molar-refractivity contribution in [2.24, 2.45) is 5.41 Å². The lowest BCUT2D eigenvalue weighted by Gasteiger charge is -2.39. The molecular formula is C14H18Cl2FN. The third kappa shape index (κ3) is 2.98. The number of benzene rings is 1. The summed E-state index contributed by atoms with van der Waals surface area (Å²) < 4.78 is 13.5. The molecule has 0 aliphatic heterocycles. The van der Waals surface area contributed by atoms with E-state index >= 15 is 0 Å². The Balaban J connectivity index is 2.04. The molecule has 0 amide bonds. The van der Waals surface area contributed by atoms with Crippen molar-refractivity contribution in [2.75, 3.05) is 6.54 Å². The van der Waals surface area contributed by atoms with E-state index < -0.39 is 5.82 Å². The highest BCUT2D eigenvalue weighted by molar-refractivity contribution is 6.35. The quantitative estimate of drug-likeness (QED) is 0.772. The Kier molecular flexibility index (Phi) is 4.20. The number of halogens is 3. The number of nitrogens with one attached hydrogen (secondary N) is 1. The average Bonchev–Trinajstić information content (AvgIpc) is 2.28. The second-order valence-electron chi connectivity index (χ2n) is 5.55. The van der Waals surface area contributed by atoms with Gasteiger partial charge in [0, 0.05) is 17.6 Å². The number of hydrogen-bond donors (Lipinski definition) is 1. The van der Waals surface area contributed by atoms with Gasteiger partial charge in [-0.2, -0.15) is 0 Å². The molecule has 0 radical (unpaired) electrons. The summed E-state index contributed by atoms with van der Waals surface area (Å²) in [6.45, 7) is 5.21. The third-order valence-electron chi connectivity index (χ3n) is 3.90. The van der Waals surface area contributed by atoms with E-state index in [4.69, 9.17) is 23.2 Å². The van der Waals surface area contributed by atoms with E-state index in [1.165, 1.54) is 31.4 Å². The first-order chi connectivity index (χ1) is 8.41. The van der Waals surface area contributed by atoms with Crippen LogP contribution in [0.25, 0.3) is 0 Å². The summed E-state index contributed by atoms with van der Waals surface area (Å²) in [5, 5.41) is 4.02. The van der Waals surface area contributed by atoms with Crippen LogP contribution < -0.4 is 5.32 Å². The first kappa shape index (κ1) is 14.1. The molecule has 1 nitrogen and oxygen atoms in total. The highest BCUT2D eigenvalue weighted by Gasteiger charge is 2.31. The maximum atomic E-state index is 13.5. The molecule has 1 aliphatic rings. The maximum Gasteiger partial charge on any atom is 0.142 e. The lowest BCUT2D eigenvalue weighted by molar-refractivity contribution is 0.152. The van der Waals surface area contributed by atoms with Crippen LogP contribution in [0.3, 0.4) is 0 Å². The molecule has 18 heavy (non-hydrogen) atoms. The van der Waals surface area contributed by atoms with E-state index in [2.05, 4.69) is 12.2 Å². The van der Waals surface area contributed by atoms with E-state index in [9.17, 15) is 4.39 Å². The van der Waals surface area contributed by atoms with Crippen molar-refractivity contribution < 1.29 is 4.39 Å². The monoisotopic (exact) mass is 289 g/mol. The summed E-state index contributed by atoms with van der Waals surface area (Å²) in [4.78, 5) is 0. The zero-order chi connectivity index (χ0) is 13.3. The van der Waals surface area contributed by atoms with Gasteiger partial charge in [0.2, 0.25) is 0 Å². The lowest BCUT2D eigenvalue weighted by atomic mass is 9.70. The summed E-state index contributed by atoms with van der Waals surface area (Å²) in [5.74, 6) is -0.417. The van der Waals surface area contributed by atoms with Gasteiger partial charge in [0.05, 0.1) is 5.02 Å². The standard InChI is InChI=1S/C14H18Cl2FN/c1-9(18-8-14(2)4-3-5-14)10-6-13(17)12(16)7-11(10)15/h6-7,9,18H,3-5,8H2,1-2H3. The second kappa shape index (κ2) is 5.36. The van der Waals surface area contributed by atoms with Crippen molar-refractivity contribution in [1.29, 1.82) is 0 Å². The summed E-state index contributed by atoms with van der Waals surface area (Å²) in [7, 11) is 0. The average molecular weight is 290 g/mol. The van der Waals surface area contributed by atoms with Crippen LogP contribution >= 0.6 is 23.2 Å². The zero-order valence-corrected chi connectivity index (χ0v) is 12.2. The van der Waals surface area contributed by atoms with Crippen LogP contribution in [0.2, 0.25) is 10.0 Å². The molecule has 0 bridgehead atoms. The molecular weight excluding hydrogens is 272 g/mol. The predicted molar refractivity (Wildman–Crippen MR) is 74.8 cm³/mol. The van der Waals surface area contributed by atoms with Crippen LogP contribution in [0.4, 0.5) is 4.39 Å². The topological polar surface area (TPSA) is 12.0 Å². The first-order valence-electron chi connectivity index (χ1n) is 6.29. The molecule has 0 aromatic heterocycles. The molecule has 1 atom stereocenters. The SMILES string of the molecule is CC(NCC1(C)CCC1)c1cc(F)c(Cl)cc1Cl. The Morgan fingerprint density at radius 2 is 2.00 bits per heavy atom. The molecule has 1 aromatic rings. The third-order valence-corrected chi connectivity index (χ3v) is 4.52. The van der Waals surface area contributed by atoms with Crippen LogP contribution in [0, 0.1) is 11.2 Å². The first-order valence-corrected chi connectivity index (χ1v) is 7.05. The molecule has 0 saturated heterocycles. The van der Waals surface area contributed by atoms with Crippen molar-refractivity contribution in [2.45, 2.75) is 39.2 Å². The van der Waals surface area contributed by atoms with Crippen LogP contribution in [0.1, 0.15) is 44.7 Å². The van der Waals surface area contributed by atoms with Gasteiger partial charge in [0.1, 0.15) is 5.82 Å². The van der Waals surface area contributed by atoms with Gasteiger partial charge in [0.25, 0.3) is 0 Å². The summed E-state index contributed by atoms with van der Waals surface area (Å²) in [5.41, 5.74) is 1.16. The number of rotatable bonds is 4. The van der Waals surface area contributed by atoms with Crippen molar-refractivity contribution in [3.05, 3.63) is 33.6 Å². The molecule has 4 heteroatoms. The maximum absolute atomic E-state index is 13.5.